The third-order valence-corrected chi connectivity index (χ3v) is 1.38. The molecule has 0 aromatic carbocycles. The van der Waals surface area contributed by atoms with Gasteiger partial charge in [0.2, 0.25) is 5.78 Å². The number of carbonyl (C=O) groups is 1. The highest BCUT2D eigenvalue weighted by Gasteiger charge is 2.07. The van der Waals surface area contributed by atoms with Crippen molar-refractivity contribution < 1.29 is 9.53 Å². The zero-order valence-electron chi connectivity index (χ0n) is 6.57. The van der Waals surface area contributed by atoms with Gasteiger partial charge in [-0.1, -0.05) is 0 Å². The number of aromatic nitrogens is 2. The van der Waals surface area contributed by atoms with Crippen molar-refractivity contribution in [2.24, 2.45) is 7.05 Å². The van der Waals surface area contributed by atoms with Gasteiger partial charge in [0.15, 0.2) is 0 Å². The maximum Gasteiger partial charge on any atom is 0.206 e. The maximum absolute atomic E-state index is 11.1. The van der Waals surface area contributed by atoms with E-state index >= 15 is 0 Å². The number of ether oxygens (including phenoxy) is 1. The van der Waals surface area contributed by atoms with Gasteiger partial charge in [-0.15, -0.1) is 0 Å². The number of aryl methyl sites for hydroxylation is 1. The van der Waals surface area contributed by atoms with Crippen LogP contribution in [-0.4, -0.2) is 29.1 Å². The third-order valence-electron chi connectivity index (χ3n) is 1.38. The predicted octanol–water partition coefficient (Wildman–Crippen LogP) is 0.249. The Labute approximate surface area is 64.8 Å². The number of hydrogen-bond acceptors (Lipinski definition) is 3. The number of hydrogen-bond donors (Lipinski definition) is 0. The molecule has 1 aromatic rings. The van der Waals surface area contributed by atoms with Gasteiger partial charge in [-0.05, 0) is 0 Å². The Morgan fingerprint density at radius 1 is 1.82 bits per heavy atom. The molecule has 0 aliphatic rings. The molecule has 1 aromatic heterocycles. The second-order valence-corrected chi connectivity index (χ2v) is 2.25. The lowest BCUT2D eigenvalue weighted by molar-refractivity contribution is 0.0839. The molecule has 0 N–H and O–H groups in total. The van der Waals surface area contributed by atoms with E-state index in [2.05, 4.69) is 4.98 Å². The fourth-order valence-corrected chi connectivity index (χ4v) is 0.831. The lowest BCUT2D eigenvalue weighted by atomic mass is 10.3. The Morgan fingerprint density at radius 2 is 2.55 bits per heavy atom. The second kappa shape index (κ2) is 3.30. The zero-order chi connectivity index (χ0) is 8.27. The Bertz CT molecular complexity index is 255. The average molecular weight is 154 g/mol. The Kier molecular flexibility index (Phi) is 2.38. The summed E-state index contributed by atoms with van der Waals surface area (Å²) in [6, 6.07) is 0. The van der Waals surface area contributed by atoms with Gasteiger partial charge < -0.3 is 9.30 Å². The van der Waals surface area contributed by atoms with Crippen LogP contribution in [0.3, 0.4) is 0 Å². The van der Waals surface area contributed by atoms with Crippen LogP contribution < -0.4 is 0 Å². The van der Waals surface area contributed by atoms with Crippen molar-refractivity contribution >= 4 is 5.78 Å². The van der Waals surface area contributed by atoms with E-state index in [9.17, 15) is 4.79 Å². The van der Waals surface area contributed by atoms with Crippen molar-refractivity contribution in [3.8, 4) is 0 Å². The van der Waals surface area contributed by atoms with E-state index in [0.717, 1.165) is 0 Å². The number of ketones is 1. The van der Waals surface area contributed by atoms with Gasteiger partial charge in [0.05, 0.1) is 12.5 Å². The highest BCUT2D eigenvalue weighted by molar-refractivity contribution is 5.95. The first-order chi connectivity index (χ1) is 5.25. The van der Waals surface area contributed by atoms with E-state index in [0.29, 0.717) is 5.69 Å². The summed E-state index contributed by atoms with van der Waals surface area (Å²) in [5, 5.41) is 0. The first-order valence-corrected chi connectivity index (χ1v) is 3.24. The van der Waals surface area contributed by atoms with Crippen LogP contribution in [0.1, 0.15) is 10.5 Å². The smallest absolute Gasteiger partial charge is 0.206 e. The minimum absolute atomic E-state index is 0.0486. The molecule has 0 bridgehead atoms. The van der Waals surface area contributed by atoms with Crippen LogP contribution in [-0.2, 0) is 11.8 Å². The summed E-state index contributed by atoms with van der Waals surface area (Å²) in [6.07, 6.45) is 3.12. The standard InChI is InChI=1S/C7H10N2O2/c1-9-5-8-3-6(9)7(10)4-11-2/h3,5H,4H2,1-2H3. The largest absolute Gasteiger partial charge is 0.376 e. The molecule has 0 saturated heterocycles. The average Bonchev–Trinajstić information content (AvgIpc) is 2.36. The lowest BCUT2D eigenvalue weighted by Gasteiger charge is -1.98. The number of methoxy groups -OCH3 is 1. The van der Waals surface area contributed by atoms with Crippen LogP contribution in [0.5, 0.6) is 0 Å². The molecule has 0 saturated carbocycles. The summed E-state index contributed by atoms with van der Waals surface area (Å²) in [4.78, 5) is 15.0. The molecule has 0 aliphatic heterocycles. The summed E-state index contributed by atoms with van der Waals surface area (Å²) in [5.41, 5.74) is 0.576. The fraction of sp³-hybridized carbons (Fsp3) is 0.429. The summed E-state index contributed by atoms with van der Waals surface area (Å²) in [7, 11) is 3.27. The molecule has 0 fully saturated rings. The van der Waals surface area contributed by atoms with Crippen molar-refractivity contribution in [2.75, 3.05) is 13.7 Å². The van der Waals surface area contributed by atoms with E-state index in [1.807, 2.05) is 0 Å². The molecule has 4 nitrogen and oxygen atoms in total. The SMILES string of the molecule is COCC(=O)c1cncn1C. The third kappa shape index (κ3) is 1.65. The molecule has 0 amide bonds. The van der Waals surface area contributed by atoms with E-state index in [1.54, 1.807) is 17.9 Å². The van der Waals surface area contributed by atoms with Gasteiger partial charge >= 0.3 is 0 Å². The molecule has 0 unspecified atom stereocenters. The number of rotatable bonds is 3. The van der Waals surface area contributed by atoms with Crippen molar-refractivity contribution in [2.45, 2.75) is 0 Å². The minimum atomic E-state index is -0.0486. The molecule has 4 heteroatoms. The van der Waals surface area contributed by atoms with Gasteiger partial charge in [0.25, 0.3) is 0 Å². The van der Waals surface area contributed by atoms with Crippen LogP contribution in [0, 0.1) is 0 Å². The molecule has 0 aliphatic carbocycles. The van der Waals surface area contributed by atoms with Crippen LogP contribution >= 0.6 is 0 Å². The van der Waals surface area contributed by atoms with Crippen molar-refractivity contribution in [1.82, 2.24) is 9.55 Å². The molecule has 0 atom stereocenters. The van der Waals surface area contributed by atoms with Crippen molar-refractivity contribution in [3.05, 3.63) is 18.2 Å². The summed E-state index contributed by atoms with van der Waals surface area (Å²) >= 11 is 0. The molecular weight excluding hydrogens is 144 g/mol. The van der Waals surface area contributed by atoms with Gasteiger partial charge in [0.1, 0.15) is 12.3 Å². The predicted molar refractivity (Wildman–Crippen MR) is 39.4 cm³/mol. The van der Waals surface area contributed by atoms with Crippen molar-refractivity contribution in [3.63, 3.8) is 0 Å². The monoisotopic (exact) mass is 154 g/mol. The normalized spacial score (nSPS) is 10.0. The van der Waals surface area contributed by atoms with E-state index in [1.165, 1.54) is 13.3 Å². The summed E-state index contributed by atoms with van der Waals surface area (Å²) < 4.78 is 6.36. The number of carbonyl (C=O) groups excluding carboxylic acids is 1. The van der Waals surface area contributed by atoms with E-state index in [4.69, 9.17) is 4.74 Å². The lowest BCUT2D eigenvalue weighted by Crippen LogP contribution is -2.10. The molecule has 11 heavy (non-hydrogen) atoms. The van der Waals surface area contributed by atoms with Crippen LogP contribution in [0.25, 0.3) is 0 Å². The molecule has 60 valence electrons. The van der Waals surface area contributed by atoms with Gasteiger partial charge in [-0.2, -0.15) is 0 Å². The van der Waals surface area contributed by atoms with Crippen LogP contribution in [0.4, 0.5) is 0 Å². The molecular formula is C7H10N2O2. The van der Waals surface area contributed by atoms with Crippen LogP contribution in [0.2, 0.25) is 0 Å². The first-order valence-electron chi connectivity index (χ1n) is 3.24. The molecule has 1 rings (SSSR count). The van der Waals surface area contributed by atoms with Crippen LogP contribution in [0.15, 0.2) is 12.5 Å². The quantitative estimate of drug-likeness (QED) is 0.586. The second-order valence-electron chi connectivity index (χ2n) is 2.25. The van der Waals surface area contributed by atoms with Gasteiger partial charge in [-0.3, -0.25) is 4.79 Å². The number of Topliss-reactive ketones (excluding diaryl/α,β-unsaturated/α-hetero) is 1. The highest BCUT2D eigenvalue weighted by Crippen LogP contribution is 1.97. The van der Waals surface area contributed by atoms with Crippen molar-refractivity contribution in [1.29, 1.82) is 0 Å². The Hall–Kier alpha value is -1.16. The number of imidazole rings is 1. The molecule has 0 spiro atoms. The maximum atomic E-state index is 11.1. The Morgan fingerprint density at radius 3 is 3.00 bits per heavy atom. The highest BCUT2D eigenvalue weighted by atomic mass is 16.5. The Balaban J connectivity index is 2.76. The van der Waals surface area contributed by atoms with E-state index < -0.39 is 0 Å². The number of nitrogens with zero attached hydrogens (tertiary/aromatic N) is 2. The first kappa shape index (κ1) is 7.94. The topological polar surface area (TPSA) is 44.1 Å². The summed E-state index contributed by atoms with van der Waals surface area (Å²) in [6.45, 7) is 0.111. The minimum Gasteiger partial charge on any atom is -0.376 e. The molecule has 0 radical (unpaired) electrons. The fourth-order valence-electron chi connectivity index (χ4n) is 0.831. The van der Waals surface area contributed by atoms with Gasteiger partial charge in [0, 0.05) is 14.2 Å². The zero-order valence-corrected chi connectivity index (χ0v) is 6.57. The summed E-state index contributed by atoms with van der Waals surface area (Å²) in [5.74, 6) is -0.0486. The van der Waals surface area contributed by atoms with Gasteiger partial charge in [-0.25, -0.2) is 4.98 Å². The molecule has 1 heterocycles. The van der Waals surface area contributed by atoms with E-state index in [-0.39, 0.29) is 12.4 Å².